The molecule has 0 N–H and O–H groups in total. The van der Waals surface area contributed by atoms with E-state index in [0.717, 1.165) is 19.3 Å². The van der Waals surface area contributed by atoms with Crippen LogP contribution in [-0.2, 0) is 16.0 Å². The maximum Gasteiger partial charge on any atom is 0.165 e. The Morgan fingerprint density at radius 3 is 2.94 bits per heavy atom. The van der Waals surface area contributed by atoms with Crippen molar-refractivity contribution in [3.63, 3.8) is 0 Å². The van der Waals surface area contributed by atoms with Gasteiger partial charge in [0.1, 0.15) is 11.9 Å². The molecule has 1 aromatic rings. The summed E-state index contributed by atoms with van der Waals surface area (Å²) in [6, 6.07) is 4.10. The molecule has 1 aliphatic rings. The Bertz CT molecular complexity index is 414. The lowest BCUT2D eigenvalue weighted by atomic mass is 10.00. The standard InChI is InChI=1S/C13H14ClFO2/c14-11-8-10(15)5-4-9(11)7-12(16)13-3-1-2-6-17-13/h4-5,8,13H,1-3,6-7H2. The molecule has 4 heteroatoms. The Hall–Kier alpha value is -0.930. The fraction of sp³-hybridized carbons (Fsp3) is 0.462. The van der Waals surface area contributed by atoms with Crippen molar-refractivity contribution in [2.75, 3.05) is 6.61 Å². The first-order valence-corrected chi connectivity index (χ1v) is 6.13. The summed E-state index contributed by atoms with van der Waals surface area (Å²) in [6.45, 7) is 0.646. The van der Waals surface area contributed by atoms with Crippen LogP contribution in [0.25, 0.3) is 0 Å². The number of hydrogen-bond donors (Lipinski definition) is 0. The molecule has 2 nitrogen and oxygen atoms in total. The molecule has 1 saturated heterocycles. The normalized spacial score (nSPS) is 20.2. The molecule has 1 atom stereocenters. The molecule has 0 aliphatic carbocycles. The maximum atomic E-state index is 12.8. The minimum Gasteiger partial charge on any atom is -0.370 e. The van der Waals surface area contributed by atoms with Gasteiger partial charge in [-0.25, -0.2) is 4.39 Å². The number of ketones is 1. The van der Waals surface area contributed by atoms with Crippen LogP contribution >= 0.6 is 11.6 Å². The van der Waals surface area contributed by atoms with Crippen LogP contribution in [-0.4, -0.2) is 18.5 Å². The molecule has 0 spiro atoms. The molecule has 1 unspecified atom stereocenters. The minimum atomic E-state index is -0.389. The van der Waals surface area contributed by atoms with E-state index >= 15 is 0 Å². The number of halogens is 2. The number of ether oxygens (including phenoxy) is 1. The monoisotopic (exact) mass is 256 g/mol. The summed E-state index contributed by atoms with van der Waals surface area (Å²) < 4.78 is 18.3. The first-order chi connectivity index (χ1) is 8.16. The third-order valence-electron chi connectivity index (χ3n) is 2.92. The van der Waals surface area contributed by atoms with Gasteiger partial charge < -0.3 is 4.74 Å². The molecule has 1 aromatic carbocycles. The van der Waals surface area contributed by atoms with Crippen molar-refractivity contribution in [3.05, 3.63) is 34.6 Å². The highest BCUT2D eigenvalue weighted by Crippen LogP contribution is 2.21. The second-order valence-corrected chi connectivity index (χ2v) is 4.64. The minimum absolute atomic E-state index is 0.0261. The fourth-order valence-electron chi connectivity index (χ4n) is 1.96. The van der Waals surface area contributed by atoms with Crippen molar-refractivity contribution < 1.29 is 13.9 Å². The molecule has 1 aliphatic heterocycles. The molecule has 0 bridgehead atoms. The number of hydrogen-bond acceptors (Lipinski definition) is 2. The molecule has 0 radical (unpaired) electrons. The number of carbonyl (C=O) groups is 1. The van der Waals surface area contributed by atoms with E-state index in [9.17, 15) is 9.18 Å². The Morgan fingerprint density at radius 1 is 1.47 bits per heavy atom. The fourth-order valence-corrected chi connectivity index (χ4v) is 2.20. The van der Waals surface area contributed by atoms with Crippen LogP contribution in [0.3, 0.4) is 0 Å². The summed E-state index contributed by atoms with van der Waals surface area (Å²) in [5.41, 5.74) is 0.659. The van der Waals surface area contributed by atoms with E-state index in [1.165, 1.54) is 12.1 Å². The van der Waals surface area contributed by atoms with E-state index in [1.54, 1.807) is 6.07 Å². The third kappa shape index (κ3) is 3.27. The van der Waals surface area contributed by atoms with Crippen molar-refractivity contribution in [2.24, 2.45) is 0 Å². The molecule has 17 heavy (non-hydrogen) atoms. The van der Waals surface area contributed by atoms with Crippen molar-refractivity contribution in [1.82, 2.24) is 0 Å². The molecule has 0 aromatic heterocycles. The van der Waals surface area contributed by atoms with E-state index in [2.05, 4.69) is 0 Å². The van der Waals surface area contributed by atoms with Gasteiger partial charge in [0.05, 0.1) is 0 Å². The zero-order valence-electron chi connectivity index (χ0n) is 9.42. The molecular formula is C13H14ClFO2. The maximum absolute atomic E-state index is 12.8. The summed E-state index contributed by atoms with van der Waals surface area (Å²) in [5, 5.41) is 0.300. The van der Waals surface area contributed by atoms with Gasteiger partial charge in [0, 0.05) is 18.1 Å². The summed E-state index contributed by atoms with van der Waals surface area (Å²) in [5.74, 6) is -0.363. The highest BCUT2D eigenvalue weighted by molar-refractivity contribution is 6.31. The van der Waals surface area contributed by atoms with E-state index in [1.807, 2.05) is 0 Å². The van der Waals surface area contributed by atoms with Crippen LogP contribution in [0.4, 0.5) is 4.39 Å². The van der Waals surface area contributed by atoms with Gasteiger partial charge in [-0.15, -0.1) is 0 Å². The lowest BCUT2D eigenvalue weighted by Crippen LogP contribution is -2.29. The summed E-state index contributed by atoms with van der Waals surface area (Å²) in [7, 11) is 0. The zero-order valence-corrected chi connectivity index (χ0v) is 10.2. The third-order valence-corrected chi connectivity index (χ3v) is 3.27. The molecule has 1 fully saturated rings. The first kappa shape index (κ1) is 12.5. The first-order valence-electron chi connectivity index (χ1n) is 5.75. The van der Waals surface area contributed by atoms with Gasteiger partial charge in [-0.1, -0.05) is 17.7 Å². The van der Waals surface area contributed by atoms with Crippen molar-refractivity contribution in [3.8, 4) is 0 Å². The lowest BCUT2D eigenvalue weighted by Gasteiger charge is -2.21. The van der Waals surface area contributed by atoms with Gasteiger partial charge in [0.15, 0.2) is 5.78 Å². The quantitative estimate of drug-likeness (QED) is 0.830. The predicted molar refractivity (Wildman–Crippen MR) is 63.7 cm³/mol. The van der Waals surface area contributed by atoms with Crippen LogP contribution in [0.2, 0.25) is 5.02 Å². The van der Waals surface area contributed by atoms with Crippen LogP contribution in [0, 0.1) is 5.82 Å². The van der Waals surface area contributed by atoms with Gasteiger partial charge in [-0.05, 0) is 37.0 Å². The Kier molecular flexibility index (Phi) is 4.13. The highest BCUT2D eigenvalue weighted by Gasteiger charge is 2.22. The van der Waals surface area contributed by atoms with Crippen molar-refractivity contribution in [1.29, 1.82) is 0 Å². The molecular weight excluding hydrogens is 243 g/mol. The smallest absolute Gasteiger partial charge is 0.165 e. The molecule has 92 valence electrons. The molecule has 0 amide bonds. The highest BCUT2D eigenvalue weighted by atomic mass is 35.5. The molecule has 1 heterocycles. The molecule has 0 saturated carbocycles. The zero-order chi connectivity index (χ0) is 12.3. The Labute approximate surface area is 105 Å². The van der Waals surface area contributed by atoms with Gasteiger partial charge >= 0.3 is 0 Å². The van der Waals surface area contributed by atoms with Gasteiger partial charge in [-0.2, -0.15) is 0 Å². The summed E-state index contributed by atoms with van der Waals surface area (Å²) >= 11 is 5.88. The topological polar surface area (TPSA) is 26.3 Å². The summed E-state index contributed by atoms with van der Waals surface area (Å²) in [6.07, 6.45) is 2.71. The number of rotatable bonds is 3. The second-order valence-electron chi connectivity index (χ2n) is 4.23. The lowest BCUT2D eigenvalue weighted by molar-refractivity contribution is -0.132. The van der Waals surface area contributed by atoms with E-state index in [4.69, 9.17) is 16.3 Å². The van der Waals surface area contributed by atoms with E-state index in [-0.39, 0.29) is 24.1 Å². The van der Waals surface area contributed by atoms with Crippen molar-refractivity contribution in [2.45, 2.75) is 31.8 Å². The van der Waals surface area contributed by atoms with Crippen LogP contribution in [0.15, 0.2) is 18.2 Å². The number of Topliss-reactive ketones (excluding diaryl/α,β-unsaturated/α-hetero) is 1. The Morgan fingerprint density at radius 2 is 2.29 bits per heavy atom. The predicted octanol–water partition coefficient (Wildman–Crippen LogP) is 3.16. The number of carbonyl (C=O) groups excluding carboxylic acids is 1. The van der Waals surface area contributed by atoms with Crippen LogP contribution < -0.4 is 0 Å². The Balaban J connectivity index is 2.02. The van der Waals surface area contributed by atoms with E-state index < -0.39 is 0 Å². The van der Waals surface area contributed by atoms with E-state index in [0.29, 0.717) is 17.2 Å². The van der Waals surface area contributed by atoms with Crippen LogP contribution in [0.5, 0.6) is 0 Å². The number of benzene rings is 1. The average molecular weight is 257 g/mol. The molecule has 2 rings (SSSR count). The van der Waals surface area contributed by atoms with Gasteiger partial charge in [0.25, 0.3) is 0 Å². The van der Waals surface area contributed by atoms with Crippen LogP contribution in [0.1, 0.15) is 24.8 Å². The largest absolute Gasteiger partial charge is 0.370 e. The van der Waals surface area contributed by atoms with Gasteiger partial charge in [-0.3, -0.25) is 4.79 Å². The second kappa shape index (κ2) is 5.61. The summed E-state index contributed by atoms with van der Waals surface area (Å²) in [4.78, 5) is 11.9. The van der Waals surface area contributed by atoms with Crippen molar-refractivity contribution >= 4 is 17.4 Å². The van der Waals surface area contributed by atoms with Gasteiger partial charge in [0.2, 0.25) is 0 Å². The SMILES string of the molecule is O=C(Cc1ccc(F)cc1Cl)C1CCCCO1. The average Bonchev–Trinajstić information content (AvgIpc) is 2.34.